The lowest BCUT2D eigenvalue weighted by Gasteiger charge is -2.26. The number of sulfone groups is 1. The van der Waals surface area contributed by atoms with Crippen molar-refractivity contribution in [2.75, 3.05) is 5.75 Å². The minimum Gasteiger partial charge on any atom is -0.473 e. The van der Waals surface area contributed by atoms with Crippen LogP contribution in [-0.4, -0.2) is 22.2 Å². The second-order valence-corrected chi connectivity index (χ2v) is 15.6. The molecule has 3 nitrogen and oxygen atoms in total. The molecule has 0 saturated heterocycles. The van der Waals surface area contributed by atoms with Gasteiger partial charge in [0.1, 0.15) is 19.2 Å². The van der Waals surface area contributed by atoms with Crippen molar-refractivity contribution in [2.24, 2.45) is 0 Å². The topological polar surface area (TPSA) is 47.3 Å². The standard InChI is InChI=1S/C23H44O3SSi/c1-6-10-11-12-13-14-15-16-17-18-19-27(24,25)22-20-26-23(21(22)5)28(7-2,8-3)9-4/h20H,6-19H2,1-5H3. The van der Waals surface area contributed by atoms with Crippen molar-refractivity contribution < 1.29 is 12.8 Å². The molecule has 0 aromatic carbocycles. The van der Waals surface area contributed by atoms with E-state index in [-0.39, 0.29) is 5.75 Å². The van der Waals surface area contributed by atoms with Gasteiger partial charge >= 0.3 is 0 Å². The van der Waals surface area contributed by atoms with E-state index < -0.39 is 17.9 Å². The molecule has 0 fully saturated rings. The van der Waals surface area contributed by atoms with Gasteiger partial charge < -0.3 is 4.42 Å². The average molecular weight is 429 g/mol. The molecule has 1 aromatic rings. The molecular formula is C23H44O3SSi. The summed E-state index contributed by atoms with van der Waals surface area (Å²) in [6.45, 7) is 10.9. The molecule has 1 aromatic heterocycles. The molecule has 0 radical (unpaired) electrons. The zero-order chi connectivity index (χ0) is 21.0. The van der Waals surface area contributed by atoms with Crippen LogP contribution in [0.1, 0.15) is 97.5 Å². The third-order valence-electron chi connectivity index (χ3n) is 6.61. The zero-order valence-corrected chi connectivity index (χ0v) is 20.9. The van der Waals surface area contributed by atoms with Gasteiger partial charge in [-0.2, -0.15) is 0 Å². The Bertz CT molecular complexity index is 637. The highest BCUT2D eigenvalue weighted by molar-refractivity contribution is 7.91. The summed E-state index contributed by atoms with van der Waals surface area (Å²) in [6.07, 6.45) is 13.7. The summed E-state index contributed by atoms with van der Waals surface area (Å²) in [5.74, 6) is 0.252. The van der Waals surface area contributed by atoms with E-state index in [4.69, 9.17) is 4.42 Å². The summed E-state index contributed by atoms with van der Waals surface area (Å²) >= 11 is 0. The van der Waals surface area contributed by atoms with E-state index in [0.717, 1.165) is 48.3 Å². The summed E-state index contributed by atoms with van der Waals surface area (Å²) in [5.41, 5.74) is 0.893. The minimum absolute atomic E-state index is 0.252. The second-order valence-electron chi connectivity index (χ2n) is 8.40. The average Bonchev–Trinajstić information content (AvgIpc) is 3.08. The normalized spacial score (nSPS) is 12.6. The molecular weight excluding hydrogens is 384 g/mol. The predicted octanol–water partition coefficient (Wildman–Crippen LogP) is 7.00. The largest absolute Gasteiger partial charge is 0.473 e. The molecule has 1 heterocycles. The lowest BCUT2D eigenvalue weighted by molar-refractivity contribution is 0.556. The van der Waals surface area contributed by atoms with E-state index >= 15 is 0 Å². The summed E-state index contributed by atoms with van der Waals surface area (Å²) in [7, 11) is -4.93. The SMILES string of the molecule is CCCCCCCCCCCCS(=O)(=O)c1coc([Si](CC)(CC)CC)c1C. The van der Waals surface area contributed by atoms with Crippen LogP contribution in [0.25, 0.3) is 0 Å². The van der Waals surface area contributed by atoms with Gasteiger partial charge in [0.25, 0.3) is 0 Å². The zero-order valence-electron chi connectivity index (χ0n) is 19.1. The highest BCUT2D eigenvalue weighted by Gasteiger charge is 2.36. The Kier molecular flexibility index (Phi) is 11.7. The van der Waals surface area contributed by atoms with E-state index in [1.807, 2.05) is 6.92 Å². The van der Waals surface area contributed by atoms with Crippen LogP contribution in [0.15, 0.2) is 15.6 Å². The molecule has 28 heavy (non-hydrogen) atoms. The Balaban J connectivity index is 2.49. The van der Waals surface area contributed by atoms with Crippen LogP contribution in [0.2, 0.25) is 18.1 Å². The molecule has 0 saturated carbocycles. The maximum Gasteiger partial charge on any atom is 0.181 e. The van der Waals surface area contributed by atoms with E-state index in [1.54, 1.807) is 0 Å². The van der Waals surface area contributed by atoms with Crippen molar-refractivity contribution in [3.05, 3.63) is 11.8 Å². The van der Waals surface area contributed by atoms with Crippen LogP contribution >= 0.6 is 0 Å². The van der Waals surface area contributed by atoms with Gasteiger partial charge in [0.05, 0.1) is 11.1 Å². The van der Waals surface area contributed by atoms with Crippen molar-refractivity contribution in [1.29, 1.82) is 0 Å². The Morgan fingerprint density at radius 2 is 1.25 bits per heavy atom. The van der Waals surface area contributed by atoms with Gasteiger partial charge in [-0.1, -0.05) is 104 Å². The van der Waals surface area contributed by atoms with Gasteiger partial charge in [-0.3, -0.25) is 0 Å². The Morgan fingerprint density at radius 1 is 0.786 bits per heavy atom. The lowest BCUT2D eigenvalue weighted by Crippen LogP contribution is -2.46. The first-order valence-corrected chi connectivity index (χ1v) is 16.0. The smallest absolute Gasteiger partial charge is 0.181 e. The minimum atomic E-state index is -3.23. The molecule has 0 unspecified atom stereocenters. The van der Waals surface area contributed by atoms with E-state index in [9.17, 15) is 8.42 Å². The van der Waals surface area contributed by atoms with Crippen LogP contribution in [0.5, 0.6) is 0 Å². The fourth-order valence-corrected chi connectivity index (χ4v) is 9.70. The predicted molar refractivity (Wildman–Crippen MR) is 124 cm³/mol. The molecule has 0 bridgehead atoms. The Morgan fingerprint density at radius 3 is 1.71 bits per heavy atom. The number of hydrogen-bond acceptors (Lipinski definition) is 3. The van der Waals surface area contributed by atoms with Crippen LogP contribution in [0.3, 0.4) is 0 Å². The van der Waals surface area contributed by atoms with Gasteiger partial charge in [-0.05, 0) is 13.3 Å². The molecule has 0 atom stereocenters. The van der Waals surface area contributed by atoms with Crippen LogP contribution in [0.4, 0.5) is 0 Å². The van der Waals surface area contributed by atoms with Crippen LogP contribution in [0, 0.1) is 6.92 Å². The van der Waals surface area contributed by atoms with Gasteiger partial charge in [0.2, 0.25) is 0 Å². The van der Waals surface area contributed by atoms with Crippen LogP contribution in [-0.2, 0) is 9.84 Å². The van der Waals surface area contributed by atoms with Crippen molar-refractivity contribution in [2.45, 2.75) is 122 Å². The maximum atomic E-state index is 12.8. The third kappa shape index (κ3) is 7.05. The molecule has 0 aliphatic heterocycles. The van der Waals surface area contributed by atoms with Gasteiger partial charge in [-0.15, -0.1) is 0 Å². The number of furan rings is 1. The van der Waals surface area contributed by atoms with Crippen molar-refractivity contribution in [1.82, 2.24) is 0 Å². The fraction of sp³-hybridized carbons (Fsp3) is 0.826. The first-order chi connectivity index (χ1) is 13.4. The maximum absolute atomic E-state index is 12.8. The van der Waals surface area contributed by atoms with Crippen molar-refractivity contribution in [3.63, 3.8) is 0 Å². The molecule has 164 valence electrons. The summed E-state index contributed by atoms with van der Waals surface area (Å²) in [4.78, 5) is 0.450. The van der Waals surface area contributed by atoms with Gasteiger partial charge in [0, 0.05) is 5.56 Å². The van der Waals surface area contributed by atoms with E-state index in [0.29, 0.717) is 4.90 Å². The number of unbranched alkanes of at least 4 members (excludes halogenated alkanes) is 9. The first kappa shape index (κ1) is 25.5. The Hall–Kier alpha value is -0.553. The highest BCUT2D eigenvalue weighted by atomic mass is 32.2. The highest BCUT2D eigenvalue weighted by Crippen LogP contribution is 2.26. The summed E-state index contributed by atoms with van der Waals surface area (Å²) < 4.78 is 31.6. The summed E-state index contributed by atoms with van der Waals surface area (Å²) in [6, 6.07) is 3.31. The van der Waals surface area contributed by atoms with Crippen molar-refractivity contribution >= 4 is 23.3 Å². The van der Waals surface area contributed by atoms with Crippen LogP contribution < -0.4 is 5.38 Å². The number of hydrogen-bond donors (Lipinski definition) is 0. The van der Waals surface area contributed by atoms with E-state index in [1.165, 1.54) is 51.2 Å². The molecule has 0 N–H and O–H groups in total. The fourth-order valence-electron chi connectivity index (χ4n) is 4.35. The first-order valence-electron chi connectivity index (χ1n) is 11.7. The molecule has 1 rings (SSSR count). The summed E-state index contributed by atoms with van der Waals surface area (Å²) in [5, 5.41) is 1.02. The van der Waals surface area contributed by atoms with Gasteiger partial charge in [-0.25, -0.2) is 8.42 Å². The molecule has 0 aliphatic carbocycles. The molecule has 0 spiro atoms. The molecule has 0 amide bonds. The lowest BCUT2D eigenvalue weighted by atomic mass is 10.1. The molecule has 5 heteroatoms. The van der Waals surface area contributed by atoms with Crippen molar-refractivity contribution in [3.8, 4) is 0 Å². The Labute approximate surface area is 175 Å². The quantitative estimate of drug-likeness (QED) is 0.210. The molecule has 0 aliphatic rings. The monoisotopic (exact) mass is 428 g/mol. The second kappa shape index (κ2) is 12.9. The number of rotatable bonds is 16. The van der Waals surface area contributed by atoms with Gasteiger partial charge in [0.15, 0.2) is 9.84 Å². The van der Waals surface area contributed by atoms with E-state index in [2.05, 4.69) is 27.7 Å². The third-order valence-corrected chi connectivity index (χ3v) is 14.0.